The Morgan fingerprint density at radius 2 is 1.05 bits per heavy atom. The molecule has 1 heterocycles. The minimum absolute atomic E-state index is 0.0617. The van der Waals surface area contributed by atoms with E-state index in [4.69, 9.17) is 14.2 Å². The Hall–Kier alpha value is -4.20. The Bertz CT molecular complexity index is 1690. The van der Waals surface area contributed by atoms with Crippen molar-refractivity contribution in [1.82, 2.24) is 5.32 Å². The maximum absolute atomic E-state index is 13.4. The largest absolute Gasteiger partial charge is 0.454 e. The van der Waals surface area contributed by atoms with Gasteiger partial charge in [0.25, 0.3) is 0 Å². The Balaban J connectivity index is 2.80. The van der Waals surface area contributed by atoms with Crippen LogP contribution in [0.2, 0.25) is 0 Å². The van der Waals surface area contributed by atoms with Crippen LogP contribution in [0.4, 0.5) is 0 Å². The van der Waals surface area contributed by atoms with Gasteiger partial charge in [-0.3, -0.25) is 9.59 Å². The predicted molar refractivity (Wildman–Crippen MR) is 301 cm³/mol. The molecule has 0 radical (unpaired) electrons. The van der Waals surface area contributed by atoms with Gasteiger partial charge in [-0.05, 0) is 89.9 Å². The van der Waals surface area contributed by atoms with Crippen LogP contribution in [0.1, 0.15) is 181 Å². The van der Waals surface area contributed by atoms with Gasteiger partial charge >= 0.3 is 5.97 Å². The second-order valence-corrected chi connectivity index (χ2v) is 18.7. The van der Waals surface area contributed by atoms with Gasteiger partial charge in [-0.25, -0.2) is 0 Å². The lowest BCUT2D eigenvalue weighted by Crippen LogP contribution is -2.61. The van der Waals surface area contributed by atoms with Gasteiger partial charge in [0.05, 0.1) is 25.4 Å². The summed E-state index contributed by atoms with van der Waals surface area (Å²) in [4.78, 5) is 26.4. The molecule has 73 heavy (non-hydrogen) atoms. The number of hydrogen-bond donors (Lipinski definition) is 6. The first-order chi connectivity index (χ1) is 35.7. The molecule has 0 aromatic carbocycles. The number of ether oxygens (including phenoxy) is 3. The quantitative estimate of drug-likeness (QED) is 0.0149. The number of carbonyl (C=O) groups is 2. The highest BCUT2D eigenvalue weighted by atomic mass is 16.7. The molecule has 0 aromatic rings. The monoisotopic (exact) mass is 1020 g/mol. The number of amides is 1. The topological polar surface area (TPSA) is 175 Å². The van der Waals surface area contributed by atoms with Crippen molar-refractivity contribution in [3.05, 3.63) is 134 Å². The second kappa shape index (κ2) is 48.7. The lowest BCUT2D eigenvalue weighted by atomic mass is 9.99. The third-order valence-corrected chi connectivity index (χ3v) is 12.2. The fourth-order valence-corrected chi connectivity index (χ4v) is 7.75. The number of hydrogen-bond acceptors (Lipinski definition) is 10. The zero-order valence-electron chi connectivity index (χ0n) is 45.2. The molecule has 1 aliphatic heterocycles. The summed E-state index contributed by atoms with van der Waals surface area (Å²) in [6.07, 6.45) is 57.8. The van der Waals surface area contributed by atoms with Crippen LogP contribution in [0.5, 0.6) is 0 Å². The number of unbranched alkanes of at least 4 members (excludes halogenated alkanes) is 14. The Morgan fingerprint density at radius 3 is 1.64 bits per heavy atom. The number of esters is 1. The lowest BCUT2D eigenvalue weighted by Gasteiger charge is -2.41. The van der Waals surface area contributed by atoms with Crippen molar-refractivity contribution >= 4 is 11.9 Å². The summed E-state index contributed by atoms with van der Waals surface area (Å²) in [5.41, 5.74) is 0. The minimum Gasteiger partial charge on any atom is -0.454 e. The van der Waals surface area contributed by atoms with Gasteiger partial charge in [-0.1, -0.05) is 219 Å². The highest BCUT2D eigenvalue weighted by molar-refractivity contribution is 5.80. The highest BCUT2D eigenvalue weighted by Gasteiger charge is 2.47. The van der Waals surface area contributed by atoms with Gasteiger partial charge < -0.3 is 45.1 Å². The standard InChI is InChI=1S/C62H99NO10/c1-4-7-10-13-16-19-22-24-26-27-28-30-31-34-37-40-43-46-49-55(66)61(70)63-53(54(65)48-45-42-39-36-33-21-18-15-12-9-6-3)52-71-62-60(59(69)58(68)56(51-64)72-62)73-57(67)50-47-44-41-38-35-32-29-25-23-20-17-14-11-8-5-2/h7-8,10-11,14,16-17,19-20,23-26,28-30,32,34-35,37,45,48,53-56,58-60,62,64-66,68-69H,4-6,9,12-13,15,18,21-22,27,31,33,36,38-44,46-47,49-52H2,1-3H3,(H,63,70)/b10-7-,11-8+,17-14+,19-16-,23-20-,26-24-,29-25-,30-28-,35-32+,37-34-,48-45+. The first kappa shape index (κ1) is 66.8. The molecule has 1 aliphatic rings. The van der Waals surface area contributed by atoms with Crippen LogP contribution in [0.3, 0.4) is 0 Å². The molecule has 1 amide bonds. The maximum atomic E-state index is 13.4. The van der Waals surface area contributed by atoms with Crippen LogP contribution >= 0.6 is 0 Å². The molecule has 8 unspecified atom stereocenters. The van der Waals surface area contributed by atoms with Crippen LogP contribution in [0.15, 0.2) is 134 Å². The van der Waals surface area contributed by atoms with Crippen molar-refractivity contribution in [3.8, 4) is 0 Å². The maximum Gasteiger partial charge on any atom is 0.306 e. The number of aliphatic hydroxyl groups is 5. The number of aliphatic hydroxyl groups excluding tert-OH is 5. The minimum atomic E-state index is -1.65. The van der Waals surface area contributed by atoms with Gasteiger partial charge in [0.2, 0.25) is 5.91 Å². The van der Waals surface area contributed by atoms with Crippen molar-refractivity contribution in [2.24, 2.45) is 0 Å². The van der Waals surface area contributed by atoms with Crippen molar-refractivity contribution in [1.29, 1.82) is 0 Å². The molecule has 412 valence electrons. The molecule has 1 rings (SSSR count). The van der Waals surface area contributed by atoms with E-state index in [0.29, 0.717) is 12.8 Å². The fourth-order valence-electron chi connectivity index (χ4n) is 7.75. The molecule has 11 nitrogen and oxygen atoms in total. The van der Waals surface area contributed by atoms with Gasteiger partial charge in [-0.15, -0.1) is 0 Å². The van der Waals surface area contributed by atoms with Gasteiger partial charge in [0.1, 0.15) is 24.4 Å². The number of nitrogens with one attached hydrogen (secondary N) is 1. The molecule has 0 saturated carbocycles. The number of carbonyl (C=O) groups excluding carboxylic acids is 2. The summed E-state index contributed by atoms with van der Waals surface area (Å²) in [5, 5.41) is 56.7. The van der Waals surface area contributed by atoms with E-state index in [-0.39, 0.29) is 19.4 Å². The summed E-state index contributed by atoms with van der Waals surface area (Å²) in [6, 6.07) is -1.06. The van der Waals surface area contributed by atoms with Crippen LogP contribution < -0.4 is 5.32 Å². The molecule has 1 fully saturated rings. The second-order valence-electron chi connectivity index (χ2n) is 18.7. The van der Waals surface area contributed by atoms with E-state index in [0.717, 1.165) is 96.3 Å². The van der Waals surface area contributed by atoms with Gasteiger partial charge in [0.15, 0.2) is 12.4 Å². The molecular weight excluding hydrogens is 919 g/mol. The van der Waals surface area contributed by atoms with Crippen molar-refractivity contribution in [2.45, 2.75) is 230 Å². The van der Waals surface area contributed by atoms with E-state index < -0.39 is 67.4 Å². The first-order valence-electron chi connectivity index (χ1n) is 28.0. The third kappa shape index (κ3) is 37.2. The average Bonchev–Trinajstić information content (AvgIpc) is 3.39. The Labute approximate surface area is 442 Å². The molecule has 1 saturated heterocycles. The van der Waals surface area contributed by atoms with Crippen LogP contribution in [-0.2, 0) is 23.8 Å². The van der Waals surface area contributed by atoms with Crippen molar-refractivity contribution in [2.75, 3.05) is 13.2 Å². The molecule has 11 heteroatoms. The molecular formula is C62H99NO10. The summed E-state index contributed by atoms with van der Waals surface area (Å²) >= 11 is 0. The highest BCUT2D eigenvalue weighted by Crippen LogP contribution is 2.26. The zero-order valence-corrected chi connectivity index (χ0v) is 45.2. The normalized spacial score (nSPS) is 20.5. The van der Waals surface area contributed by atoms with Crippen LogP contribution in [0.25, 0.3) is 0 Å². The zero-order chi connectivity index (χ0) is 53.3. The summed E-state index contributed by atoms with van der Waals surface area (Å²) in [5.74, 6) is -1.29. The van der Waals surface area contributed by atoms with Crippen LogP contribution in [-0.4, -0.2) is 99.6 Å². The Morgan fingerprint density at radius 1 is 0.562 bits per heavy atom. The summed E-state index contributed by atoms with van der Waals surface area (Å²) in [6.45, 7) is 5.44. The van der Waals surface area contributed by atoms with E-state index in [2.05, 4.69) is 99.0 Å². The molecule has 0 spiro atoms. The van der Waals surface area contributed by atoms with Gasteiger partial charge in [-0.2, -0.15) is 0 Å². The smallest absolute Gasteiger partial charge is 0.306 e. The van der Waals surface area contributed by atoms with E-state index in [1.165, 1.54) is 38.5 Å². The third-order valence-electron chi connectivity index (χ3n) is 12.2. The van der Waals surface area contributed by atoms with E-state index in [1.807, 2.05) is 54.7 Å². The fraction of sp³-hybridized carbons (Fsp3) is 0.613. The SMILES string of the molecule is CC/C=C\C/C=C\C/C=C\C/C=C\C/C=C\CCCCC(O)C(=O)NC(COC1OC(CO)C(O)C(O)C1OC(=O)CCCCC/C=C/C=C\C=C/C=C/C=C/CC)C(O)/C=C/CCCCCCCCCCC. The summed E-state index contributed by atoms with van der Waals surface area (Å²) < 4.78 is 17.5. The predicted octanol–water partition coefficient (Wildman–Crippen LogP) is 12.5. The molecule has 0 bridgehead atoms. The van der Waals surface area contributed by atoms with Crippen LogP contribution in [0, 0.1) is 0 Å². The summed E-state index contributed by atoms with van der Waals surface area (Å²) in [7, 11) is 0. The van der Waals surface area contributed by atoms with Crippen molar-refractivity contribution in [3.63, 3.8) is 0 Å². The Kier molecular flexibility index (Phi) is 44.6. The van der Waals surface area contributed by atoms with E-state index in [1.54, 1.807) is 6.08 Å². The van der Waals surface area contributed by atoms with Crippen molar-refractivity contribution < 1.29 is 49.3 Å². The first-order valence-corrected chi connectivity index (χ1v) is 28.0. The number of rotatable bonds is 44. The van der Waals surface area contributed by atoms with Gasteiger partial charge in [0, 0.05) is 6.42 Å². The molecule has 8 atom stereocenters. The van der Waals surface area contributed by atoms with E-state index in [9.17, 15) is 35.1 Å². The molecule has 6 N–H and O–H groups in total. The molecule has 0 aliphatic carbocycles. The average molecular weight is 1020 g/mol. The molecule has 0 aromatic heterocycles. The lowest BCUT2D eigenvalue weighted by molar-refractivity contribution is -0.305. The van der Waals surface area contributed by atoms with E-state index >= 15 is 0 Å². The number of allylic oxidation sites excluding steroid dienone is 21.